The Bertz CT molecular complexity index is 1010. The van der Waals surface area contributed by atoms with Gasteiger partial charge in [-0.05, 0) is 43.9 Å². The van der Waals surface area contributed by atoms with Crippen molar-refractivity contribution in [2.24, 2.45) is 0 Å². The molecule has 4 rings (SSSR count). The van der Waals surface area contributed by atoms with E-state index in [-0.39, 0.29) is 43.0 Å². The van der Waals surface area contributed by atoms with Gasteiger partial charge in [0.05, 0.1) is 30.8 Å². The van der Waals surface area contributed by atoms with E-state index < -0.39 is 0 Å². The number of amides is 2. The Hall–Kier alpha value is -3.21. The van der Waals surface area contributed by atoms with E-state index in [1.165, 1.54) is 6.20 Å². The van der Waals surface area contributed by atoms with Crippen LogP contribution >= 0.6 is 0 Å². The Morgan fingerprint density at radius 3 is 2.68 bits per heavy atom. The van der Waals surface area contributed by atoms with Crippen LogP contribution in [0.4, 0.5) is 0 Å². The second-order valence-corrected chi connectivity index (χ2v) is 8.23. The van der Waals surface area contributed by atoms with Crippen molar-refractivity contribution in [2.45, 2.75) is 18.0 Å². The minimum Gasteiger partial charge on any atom is -0.394 e. The van der Waals surface area contributed by atoms with Gasteiger partial charge < -0.3 is 14.9 Å². The number of aliphatic hydroxyl groups is 1. The summed E-state index contributed by atoms with van der Waals surface area (Å²) in [7, 11) is 3.95. The molecule has 2 saturated heterocycles. The Kier molecular flexibility index (Phi) is 6.03. The van der Waals surface area contributed by atoms with Crippen molar-refractivity contribution in [2.75, 3.05) is 40.3 Å². The molecule has 7 nitrogen and oxygen atoms in total. The molecule has 2 aromatic rings. The maximum Gasteiger partial charge on any atom is 0.255 e. The number of piperazine rings is 1. The molecule has 7 heteroatoms. The third-order valence-corrected chi connectivity index (χ3v) is 5.87. The van der Waals surface area contributed by atoms with Crippen molar-refractivity contribution in [3.63, 3.8) is 0 Å². The Labute approximate surface area is 182 Å². The average Bonchev–Trinajstić information content (AvgIpc) is 2.76. The fourth-order valence-corrected chi connectivity index (χ4v) is 4.41. The SMILES string of the molecule is CN(C)CC#Cc1ccc([C@@H]2[C@@H](CO)N3C(=O)CN(C(=O)c4cccnc4)C[C@@H]23)cc1. The normalized spacial score (nSPS) is 22.5. The summed E-state index contributed by atoms with van der Waals surface area (Å²) in [6.07, 6.45) is 3.13. The predicted octanol–water partition coefficient (Wildman–Crippen LogP) is 0.806. The Balaban J connectivity index is 1.52. The average molecular weight is 418 g/mol. The lowest BCUT2D eigenvalue weighted by Gasteiger charge is -2.58. The molecule has 2 fully saturated rings. The van der Waals surface area contributed by atoms with Crippen LogP contribution in [0.3, 0.4) is 0 Å². The highest BCUT2D eigenvalue weighted by Gasteiger charge is 2.54. The molecule has 1 aromatic carbocycles. The number of hydrogen-bond acceptors (Lipinski definition) is 5. The van der Waals surface area contributed by atoms with E-state index in [9.17, 15) is 14.7 Å². The van der Waals surface area contributed by atoms with Gasteiger partial charge in [0.1, 0.15) is 6.54 Å². The molecule has 0 unspecified atom stereocenters. The monoisotopic (exact) mass is 418 g/mol. The molecule has 3 atom stereocenters. The van der Waals surface area contributed by atoms with Crippen molar-refractivity contribution in [1.29, 1.82) is 0 Å². The lowest BCUT2D eigenvalue weighted by molar-refractivity contribution is -0.159. The summed E-state index contributed by atoms with van der Waals surface area (Å²) in [4.78, 5) is 35.0. The summed E-state index contributed by atoms with van der Waals surface area (Å²) in [5.74, 6) is 5.91. The Morgan fingerprint density at radius 2 is 2.03 bits per heavy atom. The quantitative estimate of drug-likeness (QED) is 0.744. The highest BCUT2D eigenvalue weighted by atomic mass is 16.3. The molecule has 2 aliphatic heterocycles. The molecule has 160 valence electrons. The van der Waals surface area contributed by atoms with Crippen molar-refractivity contribution >= 4 is 11.8 Å². The summed E-state index contributed by atoms with van der Waals surface area (Å²) in [5.41, 5.74) is 2.44. The molecular weight excluding hydrogens is 392 g/mol. The highest BCUT2D eigenvalue weighted by Crippen LogP contribution is 2.43. The number of aromatic nitrogens is 1. The van der Waals surface area contributed by atoms with Crippen LogP contribution in [0.25, 0.3) is 0 Å². The number of carbonyl (C=O) groups is 2. The number of aliphatic hydroxyl groups excluding tert-OH is 1. The van der Waals surface area contributed by atoms with Crippen LogP contribution in [0.15, 0.2) is 48.8 Å². The van der Waals surface area contributed by atoms with Gasteiger partial charge in [-0.3, -0.25) is 19.5 Å². The van der Waals surface area contributed by atoms with Crippen LogP contribution in [0.5, 0.6) is 0 Å². The summed E-state index contributed by atoms with van der Waals surface area (Å²) in [6.45, 7) is 1.05. The molecule has 0 saturated carbocycles. The number of nitrogens with zero attached hydrogens (tertiary/aromatic N) is 4. The van der Waals surface area contributed by atoms with E-state index >= 15 is 0 Å². The van der Waals surface area contributed by atoms with Crippen LogP contribution in [-0.2, 0) is 4.79 Å². The lowest BCUT2D eigenvalue weighted by Crippen LogP contribution is -2.73. The molecule has 0 bridgehead atoms. The van der Waals surface area contributed by atoms with E-state index in [2.05, 4.69) is 16.8 Å². The second kappa shape index (κ2) is 8.88. The fraction of sp³-hybridized carbons (Fsp3) is 0.375. The number of fused-ring (bicyclic) bond motifs is 1. The summed E-state index contributed by atoms with van der Waals surface area (Å²) >= 11 is 0. The largest absolute Gasteiger partial charge is 0.394 e. The van der Waals surface area contributed by atoms with E-state index in [0.29, 0.717) is 18.7 Å². The van der Waals surface area contributed by atoms with E-state index in [1.54, 1.807) is 28.1 Å². The molecule has 0 aliphatic carbocycles. The van der Waals surface area contributed by atoms with E-state index in [4.69, 9.17) is 0 Å². The molecular formula is C24H26N4O3. The molecule has 1 N–H and O–H groups in total. The van der Waals surface area contributed by atoms with Gasteiger partial charge in [0, 0.05) is 30.4 Å². The molecule has 1 aromatic heterocycles. The van der Waals surface area contributed by atoms with Crippen LogP contribution in [0.1, 0.15) is 27.4 Å². The number of hydrogen-bond donors (Lipinski definition) is 1. The first-order valence-electron chi connectivity index (χ1n) is 10.3. The molecule has 0 spiro atoms. The maximum absolute atomic E-state index is 12.9. The number of rotatable bonds is 4. The lowest BCUT2D eigenvalue weighted by atomic mass is 9.73. The van der Waals surface area contributed by atoms with Gasteiger partial charge in [-0.2, -0.15) is 0 Å². The molecule has 2 amide bonds. The van der Waals surface area contributed by atoms with E-state index in [0.717, 1.165) is 11.1 Å². The third kappa shape index (κ3) is 4.18. The fourth-order valence-electron chi connectivity index (χ4n) is 4.41. The van der Waals surface area contributed by atoms with Gasteiger partial charge in [-0.1, -0.05) is 24.0 Å². The van der Waals surface area contributed by atoms with Crippen LogP contribution in [0, 0.1) is 11.8 Å². The standard InChI is InChI=1S/C24H26N4O3/c1-26(2)12-4-5-17-7-9-18(10-8-17)23-20-14-27(15-22(30)28(20)21(23)16-29)24(31)19-6-3-11-25-13-19/h3,6-11,13,20-21,23,29H,12,14-16H2,1-2H3/t20-,21+,23-/m0/s1. The zero-order valence-corrected chi connectivity index (χ0v) is 17.7. The zero-order valence-electron chi connectivity index (χ0n) is 17.7. The van der Waals surface area contributed by atoms with E-state index in [1.807, 2.05) is 43.3 Å². The van der Waals surface area contributed by atoms with Crippen LogP contribution in [0.2, 0.25) is 0 Å². The van der Waals surface area contributed by atoms with Crippen molar-refractivity contribution in [3.05, 3.63) is 65.5 Å². The number of carbonyl (C=O) groups excluding carboxylic acids is 2. The number of benzene rings is 1. The summed E-state index contributed by atoms with van der Waals surface area (Å²) in [6, 6.07) is 11.0. The first-order valence-corrected chi connectivity index (χ1v) is 10.3. The molecule has 3 heterocycles. The smallest absolute Gasteiger partial charge is 0.255 e. The summed E-state index contributed by atoms with van der Waals surface area (Å²) < 4.78 is 0. The molecule has 31 heavy (non-hydrogen) atoms. The van der Waals surface area contributed by atoms with Crippen LogP contribution in [-0.4, -0.2) is 89.0 Å². The molecule has 2 aliphatic rings. The zero-order chi connectivity index (χ0) is 22.0. The van der Waals surface area contributed by atoms with Gasteiger partial charge >= 0.3 is 0 Å². The predicted molar refractivity (Wildman–Crippen MR) is 116 cm³/mol. The second-order valence-electron chi connectivity index (χ2n) is 8.23. The molecule has 0 radical (unpaired) electrons. The van der Waals surface area contributed by atoms with Crippen molar-refractivity contribution in [3.8, 4) is 11.8 Å². The minimum absolute atomic E-state index is 0.0217. The first-order chi connectivity index (χ1) is 15.0. The van der Waals surface area contributed by atoms with Gasteiger partial charge in [0.2, 0.25) is 5.91 Å². The van der Waals surface area contributed by atoms with Gasteiger partial charge in [0.25, 0.3) is 5.91 Å². The van der Waals surface area contributed by atoms with Gasteiger partial charge in [0.15, 0.2) is 0 Å². The van der Waals surface area contributed by atoms with Crippen molar-refractivity contribution in [1.82, 2.24) is 19.7 Å². The number of pyridine rings is 1. The maximum atomic E-state index is 12.9. The summed E-state index contributed by atoms with van der Waals surface area (Å²) in [5, 5.41) is 9.94. The minimum atomic E-state index is -0.265. The highest BCUT2D eigenvalue weighted by molar-refractivity contribution is 5.97. The Morgan fingerprint density at radius 1 is 1.26 bits per heavy atom. The van der Waals surface area contributed by atoms with Crippen LogP contribution < -0.4 is 0 Å². The first kappa shape index (κ1) is 21.0. The van der Waals surface area contributed by atoms with Crippen molar-refractivity contribution < 1.29 is 14.7 Å². The van der Waals surface area contributed by atoms with Gasteiger partial charge in [-0.25, -0.2) is 0 Å². The van der Waals surface area contributed by atoms with Gasteiger partial charge in [-0.15, -0.1) is 0 Å². The third-order valence-electron chi connectivity index (χ3n) is 5.87. The topological polar surface area (TPSA) is 77.0 Å².